The first-order chi connectivity index (χ1) is 12.1. The highest BCUT2D eigenvalue weighted by molar-refractivity contribution is 5.99. The topological polar surface area (TPSA) is 63.6 Å². The number of carbonyl (C=O) groups is 2. The number of ketones is 1. The monoisotopic (exact) mass is 362 g/mol. The summed E-state index contributed by atoms with van der Waals surface area (Å²) in [5.41, 5.74) is -0.494. The van der Waals surface area contributed by atoms with Crippen LogP contribution in [0.3, 0.4) is 0 Å². The molecule has 0 amide bonds. The molecular formula is C22H34O4. The summed E-state index contributed by atoms with van der Waals surface area (Å²) < 4.78 is 4.94. The van der Waals surface area contributed by atoms with Crippen LogP contribution in [0.2, 0.25) is 0 Å². The first-order valence-electron chi connectivity index (χ1n) is 10.5. The van der Waals surface area contributed by atoms with E-state index in [2.05, 4.69) is 13.8 Å². The van der Waals surface area contributed by atoms with Crippen LogP contribution in [-0.2, 0) is 14.3 Å². The summed E-state index contributed by atoms with van der Waals surface area (Å²) >= 11 is 0. The lowest BCUT2D eigenvalue weighted by molar-refractivity contribution is -0.169. The van der Waals surface area contributed by atoms with Gasteiger partial charge in [0, 0.05) is 6.42 Å². The van der Waals surface area contributed by atoms with Gasteiger partial charge in [0.15, 0.2) is 0 Å². The van der Waals surface area contributed by atoms with Crippen molar-refractivity contribution in [3.8, 4) is 0 Å². The van der Waals surface area contributed by atoms with Gasteiger partial charge in [0.2, 0.25) is 0 Å². The van der Waals surface area contributed by atoms with Crippen molar-refractivity contribution in [3.05, 3.63) is 0 Å². The third-order valence-corrected chi connectivity index (χ3v) is 9.59. The van der Waals surface area contributed by atoms with Crippen molar-refractivity contribution < 1.29 is 19.4 Å². The van der Waals surface area contributed by atoms with E-state index >= 15 is 0 Å². The minimum Gasteiger partial charge on any atom is -0.468 e. The molecule has 0 aliphatic heterocycles. The fourth-order valence-electron chi connectivity index (χ4n) is 7.73. The Labute approximate surface area is 157 Å². The van der Waals surface area contributed by atoms with Gasteiger partial charge in [0.1, 0.15) is 11.7 Å². The Morgan fingerprint density at radius 1 is 1.08 bits per heavy atom. The predicted octanol–water partition coefficient (Wildman–Crippen LogP) is 3.75. The molecule has 8 atom stereocenters. The summed E-state index contributed by atoms with van der Waals surface area (Å²) in [4.78, 5) is 24.7. The lowest BCUT2D eigenvalue weighted by Gasteiger charge is -2.61. The highest BCUT2D eigenvalue weighted by Gasteiger charge is 2.64. The van der Waals surface area contributed by atoms with Gasteiger partial charge >= 0.3 is 5.97 Å². The van der Waals surface area contributed by atoms with Crippen LogP contribution >= 0.6 is 0 Å². The fraction of sp³-hybridized carbons (Fsp3) is 0.909. The number of Topliss-reactive ketones (excluding diaryl/α,β-unsaturated/α-hetero) is 1. The normalized spacial score (nSPS) is 53.4. The standard InChI is InChI=1S/C22H34O4/c1-20-12-15(19(24)26-4)18(23)11-13(20)5-6-14-16(20)7-9-21(2)17(14)8-10-22(21,3)25/h13-17,25H,5-12H2,1-4H3/t13-,14-,15?,16-,17-,20+,21+,22?/m1/s1. The van der Waals surface area contributed by atoms with Crippen LogP contribution in [0.1, 0.15) is 72.1 Å². The molecule has 0 spiro atoms. The van der Waals surface area contributed by atoms with Gasteiger partial charge in [-0.1, -0.05) is 13.8 Å². The predicted molar refractivity (Wildman–Crippen MR) is 98.2 cm³/mol. The molecule has 4 heteroatoms. The maximum Gasteiger partial charge on any atom is 0.316 e. The minimum absolute atomic E-state index is 0.0175. The van der Waals surface area contributed by atoms with E-state index in [-0.39, 0.29) is 22.6 Å². The molecule has 4 aliphatic rings. The Hall–Kier alpha value is -0.900. The Balaban J connectivity index is 1.64. The van der Waals surface area contributed by atoms with E-state index in [9.17, 15) is 14.7 Å². The molecule has 4 nitrogen and oxygen atoms in total. The van der Waals surface area contributed by atoms with Crippen LogP contribution in [0.25, 0.3) is 0 Å². The van der Waals surface area contributed by atoms with Crippen molar-refractivity contribution in [2.45, 2.75) is 77.7 Å². The summed E-state index contributed by atoms with van der Waals surface area (Å²) in [6, 6.07) is 0. The smallest absolute Gasteiger partial charge is 0.316 e. The van der Waals surface area contributed by atoms with Gasteiger partial charge in [0.25, 0.3) is 0 Å². The molecule has 2 unspecified atom stereocenters. The first-order valence-corrected chi connectivity index (χ1v) is 10.5. The molecule has 0 aromatic heterocycles. The molecule has 0 saturated heterocycles. The third kappa shape index (κ3) is 2.30. The molecule has 4 aliphatic carbocycles. The summed E-state index contributed by atoms with van der Waals surface area (Å²) in [5.74, 6) is 1.33. The van der Waals surface area contributed by atoms with Crippen molar-refractivity contribution in [2.75, 3.05) is 7.11 Å². The fourth-order valence-corrected chi connectivity index (χ4v) is 7.73. The van der Waals surface area contributed by atoms with E-state index in [1.54, 1.807) is 0 Å². The molecule has 146 valence electrons. The molecule has 4 fully saturated rings. The molecule has 0 heterocycles. The number of rotatable bonds is 1. The summed E-state index contributed by atoms with van der Waals surface area (Å²) in [6.45, 7) is 6.68. The summed E-state index contributed by atoms with van der Waals surface area (Å²) in [7, 11) is 1.39. The van der Waals surface area contributed by atoms with Gasteiger partial charge in [0.05, 0.1) is 12.7 Å². The molecular weight excluding hydrogens is 328 g/mol. The third-order valence-electron chi connectivity index (χ3n) is 9.59. The van der Waals surface area contributed by atoms with E-state index in [0.717, 1.165) is 32.1 Å². The average molecular weight is 363 g/mol. The van der Waals surface area contributed by atoms with Crippen molar-refractivity contribution in [1.82, 2.24) is 0 Å². The SMILES string of the molecule is COC(=O)C1C[C@@]2(C)[C@H](CC[C@@H]3[C@H]2CC[C@@]2(C)[C@@H]3CCC2(C)O)CC1=O. The molecule has 4 saturated carbocycles. The van der Waals surface area contributed by atoms with Crippen LogP contribution in [0.4, 0.5) is 0 Å². The number of ether oxygens (including phenoxy) is 1. The number of carbonyl (C=O) groups excluding carboxylic acids is 2. The number of hydrogen-bond acceptors (Lipinski definition) is 4. The second-order valence-corrected chi connectivity index (χ2v) is 10.4. The number of methoxy groups -OCH3 is 1. The largest absolute Gasteiger partial charge is 0.468 e. The van der Waals surface area contributed by atoms with Crippen LogP contribution < -0.4 is 0 Å². The lowest BCUT2D eigenvalue weighted by Crippen LogP contribution is -2.57. The molecule has 4 rings (SSSR count). The van der Waals surface area contributed by atoms with E-state index < -0.39 is 11.5 Å². The van der Waals surface area contributed by atoms with Crippen LogP contribution in [-0.4, -0.2) is 29.6 Å². The Bertz CT molecular complexity index is 626. The second kappa shape index (κ2) is 5.80. The zero-order valence-electron chi connectivity index (χ0n) is 16.7. The lowest BCUT2D eigenvalue weighted by atomic mass is 9.43. The van der Waals surface area contributed by atoms with Gasteiger partial charge in [-0.25, -0.2) is 0 Å². The van der Waals surface area contributed by atoms with Gasteiger partial charge < -0.3 is 9.84 Å². The number of aliphatic hydroxyl groups is 1. The first kappa shape index (κ1) is 18.5. The zero-order valence-corrected chi connectivity index (χ0v) is 16.7. The molecule has 0 radical (unpaired) electrons. The van der Waals surface area contributed by atoms with Crippen LogP contribution in [0, 0.1) is 40.4 Å². The highest BCUT2D eigenvalue weighted by atomic mass is 16.5. The molecule has 0 aromatic carbocycles. The van der Waals surface area contributed by atoms with E-state index in [4.69, 9.17) is 4.74 Å². The Morgan fingerprint density at radius 3 is 2.46 bits per heavy atom. The van der Waals surface area contributed by atoms with E-state index in [1.807, 2.05) is 6.92 Å². The van der Waals surface area contributed by atoms with Crippen molar-refractivity contribution in [3.63, 3.8) is 0 Å². The average Bonchev–Trinajstić information content (AvgIpc) is 2.84. The van der Waals surface area contributed by atoms with Crippen molar-refractivity contribution >= 4 is 11.8 Å². The Kier molecular flexibility index (Phi) is 4.12. The molecule has 26 heavy (non-hydrogen) atoms. The number of esters is 1. The highest BCUT2D eigenvalue weighted by Crippen LogP contribution is 2.68. The molecule has 1 N–H and O–H groups in total. The second-order valence-electron chi connectivity index (χ2n) is 10.4. The van der Waals surface area contributed by atoms with E-state index in [1.165, 1.54) is 13.5 Å². The van der Waals surface area contributed by atoms with Crippen LogP contribution in [0.5, 0.6) is 0 Å². The van der Waals surface area contributed by atoms with Gasteiger partial charge in [-0.3, -0.25) is 9.59 Å². The number of fused-ring (bicyclic) bond motifs is 5. The minimum atomic E-state index is -0.569. The van der Waals surface area contributed by atoms with Gasteiger partial charge in [-0.2, -0.15) is 0 Å². The van der Waals surface area contributed by atoms with Crippen molar-refractivity contribution in [1.29, 1.82) is 0 Å². The van der Waals surface area contributed by atoms with Gasteiger partial charge in [-0.05, 0) is 86.4 Å². The molecule has 0 aromatic rings. The summed E-state index contributed by atoms with van der Waals surface area (Å²) in [6.07, 6.45) is 7.66. The molecule has 0 bridgehead atoms. The maximum absolute atomic E-state index is 12.5. The number of hydrogen-bond donors (Lipinski definition) is 1. The van der Waals surface area contributed by atoms with Crippen LogP contribution in [0.15, 0.2) is 0 Å². The van der Waals surface area contributed by atoms with E-state index in [0.29, 0.717) is 36.5 Å². The van der Waals surface area contributed by atoms with Crippen molar-refractivity contribution in [2.24, 2.45) is 40.4 Å². The quantitative estimate of drug-likeness (QED) is 0.570. The maximum atomic E-state index is 12.5. The van der Waals surface area contributed by atoms with Gasteiger partial charge in [-0.15, -0.1) is 0 Å². The Morgan fingerprint density at radius 2 is 1.77 bits per heavy atom. The summed E-state index contributed by atoms with van der Waals surface area (Å²) in [5, 5.41) is 11.0. The zero-order chi connectivity index (χ0) is 18.9.